The van der Waals surface area contributed by atoms with Gasteiger partial charge in [0.25, 0.3) is 0 Å². The molecule has 0 saturated heterocycles. The fourth-order valence-corrected chi connectivity index (χ4v) is 0.920. The number of nitrogens with one attached hydrogen (secondary N) is 1. The zero-order chi connectivity index (χ0) is 8.91. The van der Waals surface area contributed by atoms with Crippen molar-refractivity contribution in [2.24, 2.45) is 0 Å². The van der Waals surface area contributed by atoms with E-state index in [0.29, 0.717) is 6.61 Å². The Bertz CT molecular complexity index is 143. The summed E-state index contributed by atoms with van der Waals surface area (Å²) in [5.74, 6) is 0.870. The van der Waals surface area contributed by atoms with Crippen LogP contribution in [0.25, 0.3) is 0 Å². The lowest BCUT2D eigenvalue weighted by atomic mass is 10.0. The summed E-state index contributed by atoms with van der Waals surface area (Å²) in [7, 11) is 0. The molecular formula is C8H16ClNO. The van der Waals surface area contributed by atoms with Crippen LogP contribution in [0.3, 0.4) is 0 Å². The summed E-state index contributed by atoms with van der Waals surface area (Å²) in [6.45, 7) is 8.48. The Morgan fingerprint density at radius 2 is 2.18 bits per heavy atom. The van der Waals surface area contributed by atoms with Gasteiger partial charge in [-0.3, -0.25) is 0 Å². The van der Waals surface area contributed by atoms with Crippen LogP contribution in [-0.2, 0) is 4.74 Å². The van der Waals surface area contributed by atoms with E-state index in [9.17, 15) is 0 Å². The van der Waals surface area contributed by atoms with Crippen LogP contribution < -0.4 is 4.84 Å². The summed E-state index contributed by atoms with van der Waals surface area (Å²) < 4.78 is 5.36. The van der Waals surface area contributed by atoms with Gasteiger partial charge < -0.3 is 4.74 Å². The number of halogens is 1. The zero-order valence-electron chi connectivity index (χ0n) is 7.57. The summed E-state index contributed by atoms with van der Waals surface area (Å²) in [6.07, 6.45) is 1.92. The number of ether oxygens (including phenoxy) is 1. The van der Waals surface area contributed by atoms with Crippen molar-refractivity contribution in [1.29, 1.82) is 0 Å². The minimum atomic E-state index is -0.285. The van der Waals surface area contributed by atoms with E-state index in [2.05, 4.69) is 4.84 Å². The van der Waals surface area contributed by atoms with E-state index in [1.54, 1.807) is 0 Å². The molecule has 0 aliphatic rings. The van der Waals surface area contributed by atoms with Crippen molar-refractivity contribution in [3.05, 3.63) is 11.8 Å². The molecule has 1 N–H and O–H groups in total. The summed E-state index contributed by atoms with van der Waals surface area (Å²) in [6, 6.07) is 0. The van der Waals surface area contributed by atoms with Gasteiger partial charge in [0, 0.05) is 0 Å². The molecule has 0 aliphatic heterocycles. The first kappa shape index (κ1) is 10.8. The SMILES string of the molecule is CC=C(OCC)C(C)(C)NCl. The molecule has 0 bridgehead atoms. The van der Waals surface area contributed by atoms with Crippen molar-refractivity contribution in [2.75, 3.05) is 6.61 Å². The van der Waals surface area contributed by atoms with Crippen LogP contribution in [0.1, 0.15) is 27.7 Å². The maximum absolute atomic E-state index is 5.53. The van der Waals surface area contributed by atoms with Crippen molar-refractivity contribution < 1.29 is 4.74 Å². The molecule has 0 aliphatic carbocycles. The molecule has 2 nitrogen and oxygen atoms in total. The molecule has 0 heterocycles. The van der Waals surface area contributed by atoms with Crippen molar-refractivity contribution in [3.8, 4) is 0 Å². The maximum Gasteiger partial charge on any atom is 0.112 e. The normalized spacial score (nSPS) is 13.4. The first-order valence-electron chi connectivity index (χ1n) is 3.75. The number of rotatable bonds is 4. The number of hydrogen-bond donors (Lipinski definition) is 1. The second-order valence-corrected chi connectivity index (χ2v) is 2.99. The minimum Gasteiger partial charge on any atom is -0.497 e. The largest absolute Gasteiger partial charge is 0.497 e. The number of allylic oxidation sites excluding steroid dienone is 1. The fourth-order valence-electron chi connectivity index (χ4n) is 0.827. The van der Waals surface area contributed by atoms with Crippen LogP contribution in [0, 0.1) is 0 Å². The summed E-state index contributed by atoms with van der Waals surface area (Å²) in [5, 5.41) is 0. The third kappa shape index (κ3) is 3.12. The molecule has 11 heavy (non-hydrogen) atoms. The summed E-state index contributed by atoms with van der Waals surface area (Å²) in [4.78, 5) is 2.66. The van der Waals surface area contributed by atoms with Crippen LogP contribution in [0.4, 0.5) is 0 Å². The highest BCUT2D eigenvalue weighted by Crippen LogP contribution is 2.17. The van der Waals surface area contributed by atoms with Gasteiger partial charge in [-0.2, -0.15) is 0 Å². The fraction of sp³-hybridized carbons (Fsp3) is 0.750. The first-order valence-corrected chi connectivity index (χ1v) is 4.13. The molecule has 0 fully saturated rings. The summed E-state index contributed by atoms with van der Waals surface area (Å²) in [5.41, 5.74) is -0.285. The van der Waals surface area contributed by atoms with Crippen molar-refractivity contribution in [1.82, 2.24) is 4.84 Å². The molecule has 3 heteroatoms. The molecule has 0 aromatic carbocycles. The Hall–Kier alpha value is -0.210. The molecule has 0 saturated carbocycles. The van der Waals surface area contributed by atoms with Gasteiger partial charge in [-0.15, -0.1) is 0 Å². The van der Waals surface area contributed by atoms with Gasteiger partial charge in [0.15, 0.2) is 0 Å². The van der Waals surface area contributed by atoms with Gasteiger partial charge in [-0.25, -0.2) is 4.84 Å². The molecule has 66 valence electrons. The Kier molecular flexibility index (Phi) is 4.54. The van der Waals surface area contributed by atoms with Crippen LogP contribution in [0.5, 0.6) is 0 Å². The first-order chi connectivity index (χ1) is 5.08. The average Bonchev–Trinajstić information content (AvgIpc) is 2.00. The highest BCUT2D eigenvalue weighted by molar-refractivity contribution is 6.14. The number of hydrogen-bond acceptors (Lipinski definition) is 2. The Labute approximate surface area is 73.7 Å². The zero-order valence-corrected chi connectivity index (χ0v) is 8.33. The van der Waals surface area contributed by atoms with Gasteiger partial charge in [0.05, 0.1) is 12.1 Å². The molecule has 0 unspecified atom stereocenters. The van der Waals surface area contributed by atoms with Crippen LogP contribution in [-0.4, -0.2) is 12.1 Å². The van der Waals surface area contributed by atoms with E-state index in [-0.39, 0.29) is 5.54 Å². The van der Waals surface area contributed by atoms with Crippen LogP contribution >= 0.6 is 11.8 Å². The van der Waals surface area contributed by atoms with E-state index in [0.717, 1.165) is 5.76 Å². The van der Waals surface area contributed by atoms with E-state index in [4.69, 9.17) is 16.5 Å². The third-order valence-electron chi connectivity index (χ3n) is 1.41. The van der Waals surface area contributed by atoms with Crippen molar-refractivity contribution in [2.45, 2.75) is 33.2 Å². The Balaban J connectivity index is 4.25. The topological polar surface area (TPSA) is 21.3 Å². The lowest BCUT2D eigenvalue weighted by Gasteiger charge is -2.25. The molecule has 0 atom stereocenters. The second kappa shape index (κ2) is 4.62. The molecule has 0 aromatic heterocycles. The minimum absolute atomic E-state index is 0.285. The third-order valence-corrected chi connectivity index (χ3v) is 1.89. The van der Waals surface area contributed by atoms with Crippen LogP contribution in [0.2, 0.25) is 0 Å². The standard InChI is InChI=1S/C8H16ClNO/c1-5-7(11-6-2)8(3,4)10-9/h5,10H,6H2,1-4H3. The highest BCUT2D eigenvalue weighted by Gasteiger charge is 2.22. The molecule has 0 radical (unpaired) electrons. The smallest absolute Gasteiger partial charge is 0.112 e. The lowest BCUT2D eigenvalue weighted by molar-refractivity contribution is 0.181. The van der Waals surface area contributed by atoms with Gasteiger partial charge >= 0.3 is 0 Å². The van der Waals surface area contributed by atoms with Crippen molar-refractivity contribution in [3.63, 3.8) is 0 Å². The molecule has 0 aromatic rings. The van der Waals surface area contributed by atoms with Gasteiger partial charge in [0.1, 0.15) is 5.76 Å². The predicted molar refractivity (Wildman–Crippen MR) is 48.5 cm³/mol. The van der Waals surface area contributed by atoms with Gasteiger partial charge in [0.2, 0.25) is 0 Å². The van der Waals surface area contributed by atoms with E-state index in [1.165, 1.54) is 0 Å². The Morgan fingerprint density at radius 3 is 2.45 bits per heavy atom. The highest BCUT2D eigenvalue weighted by atomic mass is 35.5. The van der Waals surface area contributed by atoms with E-state index < -0.39 is 0 Å². The van der Waals surface area contributed by atoms with E-state index in [1.807, 2.05) is 33.8 Å². The van der Waals surface area contributed by atoms with Gasteiger partial charge in [-0.1, -0.05) is 0 Å². The quantitative estimate of drug-likeness (QED) is 0.526. The average molecular weight is 178 g/mol. The van der Waals surface area contributed by atoms with Crippen molar-refractivity contribution >= 4 is 11.8 Å². The van der Waals surface area contributed by atoms with Crippen LogP contribution in [0.15, 0.2) is 11.8 Å². The summed E-state index contributed by atoms with van der Waals surface area (Å²) >= 11 is 5.53. The Morgan fingerprint density at radius 1 is 1.64 bits per heavy atom. The molecular weight excluding hydrogens is 162 g/mol. The lowest BCUT2D eigenvalue weighted by Crippen LogP contribution is -2.35. The van der Waals surface area contributed by atoms with Gasteiger partial charge in [-0.05, 0) is 45.5 Å². The monoisotopic (exact) mass is 177 g/mol. The maximum atomic E-state index is 5.53. The van der Waals surface area contributed by atoms with E-state index >= 15 is 0 Å². The molecule has 0 amide bonds. The molecule has 0 spiro atoms. The predicted octanol–water partition coefficient (Wildman–Crippen LogP) is 2.45. The second-order valence-electron chi connectivity index (χ2n) is 2.81. The molecule has 0 rings (SSSR count).